The van der Waals surface area contributed by atoms with Crippen molar-refractivity contribution in [1.29, 1.82) is 0 Å². The van der Waals surface area contributed by atoms with E-state index < -0.39 is 0 Å². The summed E-state index contributed by atoms with van der Waals surface area (Å²) in [7, 11) is 3.66. The highest BCUT2D eigenvalue weighted by molar-refractivity contribution is 5.77. The summed E-state index contributed by atoms with van der Waals surface area (Å²) >= 11 is 0. The first kappa shape index (κ1) is 11.5. The molecule has 0 spiro atoms. The lowest BCUT2D eigenvalue weighted by atomic mass is 10.1. The largest absolute Gasteiger partial charge is 0.375 e. The third-order valence-corrected chi connectivity index (χ3v) is 2.98. The molecule has 1 saturated heterocycles. The van der Waals surface area contributed by atoms with E-state index in [1.165, 1.54) is 0 Å². The number of carbonyl (C=O) groups excluding carboxylic acids is 1. The number of nitrogens with zero attached hydrogens (tertiary/aromatic N) is 2. The number of amides is 1. The van der Waals surface area contributed by atoms with Gasteiger partial charge in [0.15, 0.2) is 0 Å². The number of methoxy groups -OCH3 is 1. The van der Waals surface area contributed by atoms with Crippen molar-refractivity contribution < 1.29 is 9.53 Å². The first-order valence-corrected chi connectivity index (χ1v) is 5.05. The van der Waals surface area contributed by atoms with Gasteiger partial charge in [-0.1, -0.05) is 0 Å². The molecule has 0 aromatic carbocycles. The Morgan fingerprint density at radius 1 is 1.36 bits per heavy atom. The zero-order chi connectivity index (χ0) is 10.7. The number of carbonyl (C=O) groups is 1. The maximum Gasteiger partial charge on any atom is 0.248 e. The fourth-order valence-corrected chi connectivity index (χ4v) is 1.82. The first-order chi connectivity index (χ1) is 6.56. The van der Waals surface area contributed by atoms with Crippen molar-refractivity contribution in [2.45, 2.75) is 25.9 Å². The molecule has 1 amide bonds. The molecule has 4 nitrogen and oxygen atoms in total. The molecule has 0 aromatic rings. The fourth-order valence-electron chi connectivity index (χ4n) is 1.82. The normalized spacial score (nSPS) is 29.3. The Morgan fingerprint density at radius 3 is 2.29 bits per heavy atom. The average molecular weight is 200 g/mol. The Kier molecular flexibility index (Phi) is 3.89. The fraction of sp³-hybridized carbons (Fsp3) is 0.900. The van der Waals surface area contributed by atoms with E-state index in [1.54, 1.807) is 7.11 Å². The second-order valence-electron chi connectivity index (χ2n) is 4.10. The average Bonchev–Trinajstić information content (AvgIpc) is 2.13. The van der Waals surface area contributed by atoms with Crippen molar-refractivity contribution >= 4 is 5.91 Å². The van der Waals surface area contributed by atoms with Crippen LogP contribution >= 0.6 is 0 Å². The molecule has 0 aromatic heterocycles. The van der Waals surface area contributed by atoms with E-state index in [9.17, 15) is 4.79 Å². The van der Waals surface area contributed by atoms with Crippen molar-refractivity contribution in [1.82, 2.24) is 9.80 Å². The summed E-state index contributed by atoms with van der Waals surface area (Å²) in [4.78, 5) is 15.8. The molecule has 1 heterocycles. The van der Waals surface area contributed by atoms with Gasteiger partial charge >= 0.3 is 0 Å². The summed E-state index contributed by atoms with van der Waals surface area (Å²) in [5.41, 5.74) is 0. The summed E-state index contributed by atoms with van der Waals surface area (Å²) in [5, 5.41) is 0. The minimum absolute atomic E-state index is 0.0966. The molecular weight excluding hydrogens is 180 g/mol. The predicted molar refractivity (Wildman–Crippen MR) is 55.1 cm³/mol. The van der Waals surface area contributed by atoms with Gasteiger partial charge in [-0.2, -0.15) is 0 Å². The lowest BCUT2D eigenvalue weighted by molar-refractivity contribution is -0.139. The van der Waals surface area contributed by atoms with E-state index in [0.717, 1.165) is 13.1 Å². The van der Waals surface area contributed by atoms with Crippen LogP contribution in [-0.2, 0) is 9.53 Å². The zero-order valence-electron chi connectivity index (χ0n) is 9.49. The molecule has 1 rings (SSSR count). The monoisotopic (exact) mass is 200 g/mol. The van der Waals surface area contributed by atoms with Gasteiger partial charge in [0.25, 0.3) is 0 Å². The lowest BCUT2D eigenvalue weighted by Crippen LogP contribution is -2.57. The second-order valence-corrected chi connectivity index (χ2v) is 4.10. The summed E-state index contributed by atoms with van der Waals surface area (Å²) < 4.78 is 4.85. The molecule has 0 unspecified atom stereocenters. The molecule has 0 aliphatic carbocycles. The molecule has 0 N–H and O–H groups in total. The van der Waals surface area contributed by atoms with Crippen LogP contribution < -0.4 is 0 Å². The van der Waals surface area contributed by atoms with Crippen molar-refractivity contribution in [3.63, 3.8) is 0 Å². The van der Waals surface area contributed by atoms with Crippen LogP contribution in [-0.4, -0.2) is 61.6 Å². The number of hydrogen-bond donors (Lipinski definition) is 0. The molecule has 82 valence electrons. The van der Waals surface area contributed by atoms with E-state index >= 15 is 0 Å². The maximum atomic E-state index is 11.6. The Balaban J connectivity index is 2.53. The van der Waals surface area contributed by atoms with Crippen molar-refractivity contribution in [3.8, 4) is 0 Å². The Morgan fingerprint density at radius 2 is 1.86 bits per heavy atom. The molecule has 1 fully saturated rings. The number of likely N-dealkylation sites (N-methyl/N-ethyl adjacent to an activating group) is 1. The van der Waals surface area contributed by atoms with Gasteiger partial charge < -0.3 is 9.64 Å². The van der Waals surface area contributed by atoms with Crippen LogP contribution in [0.5, 0.6) is 0 Å². The van der Waals surface area contributed by atoms with Crippen LogP contribution in [0.15, 0.2) is 0 Å². The van der Waals surface area contributed by atoms with E-state index in [4.69, 9.17) is 4.74 Å². The molecular formula is C10H20N2O2. The van der Waals surface area contributed by atoms with Crippen molar-refractivity contribution in [2.75, 3.05) is 33.9 Å². The van der Waals surface area contributed by atoms with Gasteiger partial charge in [-0.05, 0) is 20.9 Å². The van der Waals surface area contributed by atoms with Crippen LogP contribution in [0.4, 0.5) is 0 Å². The first-order valence-electron chi connectivity index (χ1n) is 5.05. The van der Waals surface area contributed by atoms with E-state index in [-0.39, 0.29) is 12.5 Å². The van der Waals surface area contributed by atoms with E-state index in [0.29, 0.717) is 12.1 Å². The number of hydrogen-bond acceptors (Lipinski definition) is 3. The Bertz CT molecular complexity index is 196. The smallest absolute Gasteiger partial charge is 0.248 e. The maximum absolute atomic E-state index is 11.6. The molecule has 1 aliphatic heterocycles. The highest BCUT2D eigenvalue weighted by atomic mass is 16.5. The van der Waals surface area contributed by atoms with Gasteiger partial charge in [0, 0.05) is 32.3 Å². The number of rotatable bonds is 2. The Labute approximate surface area is 85.8 Å². The number of piperazine rings is 1. The summed E-state index contributed by atoms with van der Waals surface area (Å²) in [5.74, 6) is 0.0966. The van der Waals surface area contributed by atoms with Crippen molar-refractivity contribution in [2.24, 2.45) is 0 Å². The van der Waals surface area contributed by atoms with Gasteiger partial charge in [0.05, 0.1) is 0 Å². The van der Waals surface area contributed by atoms with E-state index in [2.05, 4.69) is 25.8 Å². The quantitative estimate of drug-likeness (QED) is 0.637. The van der Waals surface area contributed by atoms with Crippen LogP contribution in [0, 0.1) is 0 Å². The van der Waals surface area contributed by atoms with Gasteiger partial charge in [-0.25, -0.2) is 0 Å². The van der Waals surface area contributed by atoms with Crippen LogP contribution in [0.3, 0.4) is 0 Å². The summed E-state index contributed by atoms with van der Waals surface area (Å²) in [6.45, 7) is 6.10. The minimum Gasteiger partial charge on any atom is -0.375 e. The molecule has 2 atom stereocenters. The van der Waals surface area contributed by atoms with Gasteiger partial charge in [0.2, 0.25) is 5.91 Å². The minimum atomic E-state index is 0.0966. The third-order valence-electron chi connectivity index (χ3n) is 2.98. The standard InChI is InChI=1S/C10H20N2O2/c1-8-5-12(10(13)7-14-4)6-9(2)11(8)3/h8-9H,5-7H2,1-4H3/t8-,9+. The Hall–Kier alpha value is -0.610. The van der Waals surface area contributed by atoms with Gasteiger partial charge in [0.1, 0.15) is 6.61 Å². The summed E-state index contributed by atoms with van der Waals surface area (Å²) in [6, 6.07) is 0.860. The molecule has 0 bridgehead atoms. The summed E-state index contributed by atoms with van der Waals surface area (Å²) in [6.07, 6.45) is 0. The second kappa shape index (κ2) is 4.75. The molecule has 0 radical (unpaired) electrons. The van der Waals surface area contributed by atoms with E-state index in [1.807, 2.05) is 4.90 Å². The van der Waals surface area contributed by atoms with Crippen LogP contribution in [0.25, 0.3) is 0 Å². The topological polar surface area (TPSA) is 32.8 Å². The molecule has 14 heavy (non-hydrogen) atoms. The lowest BCUT2D eigenvalue weighted by Gasteiger charge is -2.42. The van der Waals surface area contributed by atoms with Crippen LogP contribution in [0.2, 0.25) is 0 Å². The highest BCUT2D eigenvalue weighted by Gasteiger charge is 2.28. The highest BCUT2D eigenvalue weighted by Crippen LogP contribution is 2.13. The SMILES string of the molecule is COCC(=O)N1C[C@@H](C)N(C)[C@@H](C)C1. The molecule has 0 saturated carbocycles. The molecule has 4 heteroatoms. The third kappa shape index (κ3) is 2.45. The number of ether oxygens (including phenoxy) is 1. The predicted octanol–water partition coefficient (Wildman–Crippen LogP) is 0.184. The van der Waals surface area contributed by atoms with Crippen molar-refractivity contribution in [3.05, 3.63) is 0 Å². The molecule has 1 aliphatic rings. The van der Waals surface area contributed by atoms with Crippen LogP contribution in [0.1, 0.15) is 13.8 Å². The zero-order valence-corrected chi connectivity index (χ0v) is 9.49. The van der Waals surface area contributed by atoms with Gasteiger partial charge in [-0.15, -0.1) is 0 Å². The van der Waals surface area contributed by atoms with Gasteiger partial charge in [-0.3, -0.25) is 9.69 Å².